The second-order valence-electron chi connectivity index (χ2n) is 11.2. The van der Waals surface area contributed by atoms with Crippen molar-refractivity contribution in [2.45, 2.75) is 52.7 Å². The summed E-state index contributed by atoms with van der Waals surface area (Å²) in [5, 5.41) is 12.2. The summed E-state index contributed by atoms with van der Waals surface area (Å²) in [6, 6.07) is 9.45. The minimum Gasteiger partial charge on any atom is -0.395 e. The Kier molecular flexibility index (Phi) is 8.20. The van der Waals surface area contributed by atoms with Crippen molar-refractivity contribution in [2.75, 3.05) is 24.7 Å². The largest absolute Gasteiger partial charge is 0.406 e. The number of carbonyl (C=O) groups excluding carboxylic acids is 1. The minimum absolute atomic E-state index is 0.00716. The first-order chi connectivity index (χ1) is 19.4. The van der Waals surface area contributed by atoms with Gasteiger partial charge in [0.05, 0.1) is 31.1 Å². The molecule has 0 spiro atoms. The van der Waals surface area contributed by atoms with Crippen molar-refractivity contribution >= 4 is 41.7 Å². The number of benzene rings is 1. The van der Waals surface area contributed by atoms with Crippen LogP contribution in [0.2, 0.25) is 0 Å². The van der Waals surface area contributed by atoms with E-state index >= 15 is 0 Å². The van der Waals surface area contributed by atoms with E-state index in [0.717, 1.165) is 17.3 Å². The number of hydrogen-bond donors (Lipinski definition) is 4. The van der Waals surface area contributed by atoms with Crippen LogP contribution < -0.4 is 16.4 Å². The van der Waals surface area contributed by atoms with Crippen LogP contribution in [0.25, 0.3) is 11.2 Å². The maximum absolute atomic E-state index is 14.0. The molecule has 1 saturated heterocycles. The fourth-order valence-corrected chi connectivity index (χ4v) is 7.47. The minimum atomic E-state index is -3.84. The fraction of sp³-hybridized carbons (Fsp3) is 0.538. The van der Waals surface area contributed by atoms with E-state index in [-0.39, 0.29) is 48.0 Å². The summed E-state index contributed by atoms with van der Waals surface area (Å²) in [5.74, 6) is 0.0925. The summed E-state index contributed by atoms with van der Waals surface area (Å²) >= 11 is 1.01. The molecule has 6 unspecified atom stereocenters. The number of fused-ring (bicyclic) bond motifs is 2. The Bertz CT molecular complexity index is 1530. The predicted octanol–water partition coefficient (Wildman–Crippen LogP) is 2.83. The van der Waals surface area contributed by atoms with Gasteiger partial charge < -0.3 is 15.6 Å². The lowest BCUT2D eigenvalue weighted by atomic mass is 9.92. The fourth-order valence-electron chi connectivity index (χ4n) is 4.97. The molecular formula is C26H35N6O7PS. The third kappa shape index (κ3) is 5.74. The molecule has 2 aliphatic rings. The number of aliphatic hydroxyl groups excluding tert-OH is 1. The first-order valence-corrected chi connectivity index (χ1v) is 15.8. The molecule has 1 aromatic carbocycles. The number of carbonyl (C=O) groups is 1. The summed E-state index contributed by atoms with van der Waals surface area (Å²) in [6.45, 7) is 7.28. The zero-order valence-electron chi connectivity index (χ0n) is 23.3. The Morgan fingerprint density at radius 2 is 2.10 bits per heavy atom. The Morgan fingerprint density at radius 3 is 2.76 bits per heavy atom. The molecule has 5 N–H and O–H groups in total. The average molecular weight is 607 g/mol. The Hall–Kier alpha value is -2.58. The average Bonchev–Trinajstić information content (AvgIpc) is 3.19. The van der Waals surface area contributed by atoms with Crippen LogP contribution in [0.4, 0.5) is 5.95 Å². The van der Waals surface area contributed by atoms with E-state index in [1.165, 1.54) is 6.33 Å². The predicted molar refractivity (Wildman–Crippen MR) is 154 cm³/mol. The molecule has 13 nitrogen and oxygen atoms in total. The number of aliphatic hydroxyl groups is 1. The molecule has 0 bridgehead atoms. The molecule has 5 rings (SSSR count). The summed E-state index contributed by atoms with van der Waals surface area (Å²) in [5.41, 5.74) is 5.32. The number of ether oxygens (including phenoxy) is 1. The lowest BCUT2D eigenvalue weighted by Gasteiger charge is -2.27. The Morgan fingerprint density at radius 1 is 1.37 bits per heavy atom. The highest BCUT2D eigenvalue weighted by Crippen LogP contribution is 2.68. The highest BCUT2D eigenvalue weighted by Gasteiger charge is 2.74. The van der Waals surface area contributed by atoms with Crippen LogP contribution in [0.3, 0.4) is 0 Å². The monoisotopic (exact) mass is 606 g/mol. The smallest absolute Gasteiger partial charge is 0.395 e. The highest BCUT2D eigenvalue weighted by atomic mass is 32.2. The Balaban J connectivity index is 1.28. The van der Waals surface area contributed by atoms with E-state index in [2.05, 4.69) is 20.0 Å². The number of anilines is 1. The van der Waals surface area contributed by atoms with E-state index < -0.39 is 42.6 Å². The van der Waals surface area contributed by atoms with Crippen molar-refractivity contribution in [3.63, 3.8) is 0 Å². The molecule has 15 heteroatoms. The zero-order chi connectivity index (χ0) is 29.6. The van der Waals surface area contributed by atoms with E-state index in [4.69, 9.17) is 19.5 Å². The quantitative estimate of drug-likeness (QED) is 0.175. The molecule has 6 atom stereocenters. The van der Waals surface area contributed by atoms with Crippen LogP contribution in [0, 0.1) is 16.7 Å². The van der Waals surface area contributed by atoms with Gasteiger partial charge in [-0.05, 0) is 19.4 Å². The van der Waals surface area contributed by atoms with Crippen molar-refractivity contribution in [1.29, 1.82) is 0 Å². The van der Waals surface area contributed by atoms with Gasteiger partial charge in [0.1, 0.15) is 12.3 Å². The van der Waals surface area contributed by atoms with Gasteiger partial charge in [0.25, 0.3) is 5.56 Å². The van der Waals surface area contributed by atoms with Gasteiger partial charge in [-0.15, -0.1) is 0 Å². The molecule has 222 valence electrons. The molecule has 3 aromatic rings. The SMILES string of the molecule is CC1C(n2cnc3c(=O)[nH]c(N)nc32)OC2C(OP(=O)(NCc3ccccc3)OCCSC(=O)C(C)(C)CO)C12C. The normalized spacial score (nSPS) is 27.0. The number of aromatic nitrogens is 4. The van der Waals surface area contributed by atoms with Crippen LogP contribution in [-0.4, -0.2) is 60.9 Å². The van der Waals surface area contributed by atoms with Gasteiger partial charge in [-0.2, -0.15) is 4.98 Å². The lowest BCUT2D eigenvalue weighted by molar-refractivity contribution is -0.119. The second-order valence-corrected chi connectivity index (χ2v) is 14.1. The van der Waals surface area contributed by atoms with Gasteiger partial charge in [0, 0.05) is 23.6 Å². The van der Waals surface area contributed by atoms with Gasteiger partial charge in [0.2, 0.25) is 5.95 Å². The molecule has 0 radical (unpaired) electrons. The number of hydrogen-bond acceptors (Lipinski definition) is 11. The molecule has 2 aromatic heterocycles. The summed E-state index contributed by atoms with van der Waals surface area (Å²) in [6.07, 6.45) is 0.0976. The second kappa shape index (κ2) is 11.3. The molecule has 1 saturated carbocycles. The molecule has 1 aliphatic carbocycles. The van der Waals surface area contributed by atoms with E-state index in [1.807, 2.05) is 44.2 Å². The summed E-state index contributed by atoms with van der Waals surface area (Å²) in [4.78, 5) is 35.4. The zero-order valence-corrected chi connectivity index (χ0v) is 25.0. The number of nitrogens with one attached hydrogen (secondary N) is 2. The standard InChI is InChI=1S/C26H35N6O7PS/c1-15-22(32-14-28-17-20(32)30-24(27)31-21(17)34)38-18-19(26(15,18)4)39-40(36,29-12-16-8-6-5-7-9-16)37-10-11-41-23(35)25(2,3)13-33/h5-9,14-15,18-19,22,33H,10-13H2,1-4H3,(H,29,36)(H3,27,30,31,34). The third-order valence-corrected chi connectivity index (χ3v) is 10.7. The number of imidazole rings is 1. The Labute approximate surface area is 241 Å². The molecule has 1 aliphatic heterocycles. The van der Waals surface area contributed by atoms with Gasteiger partial charge in [-0.1, -0.05) is 55.9 Å². The first kappa shape index (κ1) is 29.9. The molecule has 41 heavy (non-hydrogen) atoms. The topological polar surface area (TPSA) is 184 Å². The number of nitrogens with zero attached hydrogens (tertiary/aromatic N) is 3. The number of rotatable bonds is 12. The van der Waals surface area contributed by atoms with Crippen LogP contribution in [0.1, 0.15) is 39.5 Å². The van der Waals surface area contributed by atoms with Gasteiger partial charge >= 0.3 is 7.75 Å². The molecule has 3 heterocycles. The van der Waals surface area contributed by atoms with Crippen LogP contribution in [0.5, 0.6) is 0 Å². The molecule has 2 fully saturated rings. The molecular weight excluding hydrogens is 571 g/mol. The number of aromatic amines is 1. The summed E-state index contributed by atoms with van der Waals surface area (Å²) in [7, 11) is -3.84. The lowest BCUT2D eigenvalue weighted by Crippen LogP contribution is -2.27. The van der Waals surface area contributed by atoms with Crippen molar-refractivity contribution < 1.29 is 28.3 Å². The van der Waals surface area contributed by atoms with Crippen molar-refractivity contribution in [3.05, 3.63) is 52.6 Å². The maximum atomic E-state index is 14.0. The number of nitrogen functional groups attached to an aromatic ring is 1. The molecule has 0 amide bonds. The van der Waals surface area contributed by atoms with Crippen LogP contribution in [-0.2, 0) is 29.7 Å². The van der Waals surface area contributed by atoms with Crippen LogP contribution in [0.15, 0.2) is 41.5 Å². The number of H-pyrrole nitrogens is 1. The van der Waals surface area contributed by atoms with E-state index in [9.17, 15) is 19.3 Å². The highest BCUT2D eigenvalue weighted by molar-refractivity contribution is 8.13. The number of nitrogens with two attached hydrogens (primary N) is 1. The van der Waals surface area contributed by atoms with E-state index in [1.54, 1.807) is 18.4 Å². The number of thioether (sulfide) groups is 1. The third-order valence-electron chi connectivity index (χ3n) is 7.91. The van der Waals surface area contributed by atoms with Crippen LogP contribution >= 0.6 is 19.5 Å². The van der Waals surface area contributed by atoms with Gasteiger partial charge in [-0.25, -0.2) is 14.6 Å². The first-order valence-electron chi connectivity index (χ1n) is 13.3. The van der Waals surface area contributed by atoms with Crippen molar-refractivity contribution in [2.24, 2.45) is 16.7 Å². The van der Waals surface area contributed by atoms with E-state index in [0.29, 0.717) is 5.65 Å². The maximum Gasteiger partial charge on any atom is 0.406 e. The summed E-state index contributed by atoms with van der Waals surface area (Å²) < 4.78 is 33.9. The van der Waals surface area contributed by atoms with Gasteiger partial charge in [-0.3, -0.25) is 28.2 Å². The van der Waals surface area contributed by atoms with Gasteiger partial charge in [0.15, 0.2) is 16.3 Å². The van der Waals surface area contributed by atoms with Crippen molar-refractivity contribution in [3.8, 4) is 0 Å². The van der Waals surface area contributed by atoms with Crippen molar-refractivity contribution in [1.82, 2.24) is 24.6 Å².